The lowest BCUT2D eigenvalue weighted by molar-refractivity contribution is -0.385. The molecule has 1 saturated heterocycles. The number of ether oxygens (including phenoxy) is 1. The van der Waals surface area contributed by atoms with Gasteiger partial charge >= 0.3 is 0 Å². The maximum Gasteiger partial charge on any atom is 0.270 e. The number of nitro groups is 1. The summed E-state index contributed by atoms with van der Waals surface area (Å²) in [6.07, 6.45) is 0. The van der Waals surface area contributed by atoms with Crippen LogP contribution in [0.3, 0.4) is 0 Å². The SMILES string of the molecule is O=[N+]([O-])c1cccc(S(=O)(=O)N2CCOC2)c1. The van der Waals surface area contributed by atoms with Gasteiger partial charge in [-0.25, -0.2) is 8.42 Å². The topological polar surface area (TPSA) is 89.8 Å². The van der Waals surface area contributed by atoms with E-state index in [4.69, 9.17) is 4.74 Å². The van der Waals surface area contributed by atoms with Crippen molar-refractivity contribution in [1.82, 2.24) is 4.31 Å². The van der Waals surface area contributed by atoms with Crippen LogP contribution in [0.15, 0.2) is 29.2 Å². The smallest absolute Gasteiger partial charge is 0.270 e. The standard InChI is InChI=1S/C9H10N2O5S/c12-11(13)8-2-1-3-9(6-8)17(14,15)10-4-5-16-7-10/h1-3,6H,4-5,7H2. The summed E-state index contributed by atoms with van der Waals surface area (Å²) in [5, 5.41) is 10.6. The van der Waals surface area contributed by atoms with E-state index >= 15 is 0 Å². The number of sulfonamides is 1. The van der Waals surface area contributed by atoms with Crippen LogP contribution in [0.5, 0.6) is 0 Å². The lowest BCUT2D eigenvalue weighted by Crippen LogP contribution is -2.28. The van der Waals surface area contributed by atoms with Gasteiger partial charge in [0.2, 0.25) is 10.0 Å². The summed E-state index contributed by atoms with van der Waals surface area (Å²) in [5.74, 6) is 0. The van der Waals surface area contributed by atoms with Gasteiger partial charge in [-0.3, -0.25) is 10.1 Å². The molecule has 0 radical (unpaired) electrons. The van der Waals surface area contributed by atoms with E-state index in [1.165, 1.54) is 18.2 Å². The Morgan fingerprint density at radius 2 is 2.18 bits per heavy atom. The first-order chi connectivity index (χ1) is 8.01. The van der Waals surface area contributed by atoms with Crippen molar-refractivity contribution in [1.29, 1.82) is 0 Å². The summed E-state index contributed by atoms with van der Waals surface area (Å²) in [5.41, 5.74) is -0.244. The summed E-state index contributed by atoms with van der Waals surface area (Å²) in [7, 11) is -3.69. The fourth-order valence-corrected chi connectivity index (χ4v) is 2.84. The molecular formula is C9H10N2O5S. The zero-order valence-corrected chi connectivity index (χ0v) is 9.59. The molecule has 0 amide bonds. The van der Waals surface area contributed by atoms with E-state index in [-0.39, 0.29) is 23.9 Å². The van der Waals surface area contributed by atoms with Crippen LogP contribution in [-0.2, 0) is 14.8 Å². The molecule has 17 heavy (non-hydrogen) atoms. The van der Waals surface area contributed by atoms with Crippen molar-refractivity contribution in [2.45, 2.75) is 4.90 Å². The molecule has 2 rings (SSSR count). The van der Waals surface area contributed by atoms with Crippen molar-refractivity contribution in [3.8, 4) is 0 Å². The highest BCUT2D eigenvalue weighted by atomic mass is 32.2. The first-order valence-electron chi connectivity index (χ1n) is 4.84. The van der Waals surface area contributed by atoms with Crippen molar-refractivity contribution in [2.75, 3.05) is 19.9 Å². The maximum atomic E-state index is 12.0. The Morgan fingerprint density at radius 3 is 2.76 bits per heavy atom. The van der Waals surface area contributed by atoms with Crippen molar-refractivity contribution < 1.29 is 18.1 Å². The van der Waals surface area contributed by atoms with Crippen LogP contribution in [-0.4, -0.2) is 37.5 Å². The molecular weight excluding hydrogens is 248 g/mol. The second-order valence-electron chi connectivity index (χ2n) is 3.47. The molecule has 0 N–H and O–H groups in total. The molecule has 1 aliphatic heterocycles. The van der Waals surface area contributed by atoms with Gasteiger partial charge in [0.1, 0.15) is 6.73 Å². The van der Waals surface area contributed by atoms with Crippen molar-refractivity contribution in [2.24, 2.45) is 0 Å². The van der Waals surface area contributed by atoms with Crippen LogP contribution in [0.1, 0.15) is 0 Å². The maximum absolute atomic E-state index is 12.0. The monoisotopic (exact) mass is 258 g/mol. The number of benzene rings is 1. The first kappa shape index (κ1) is 12.0. The van der Waals surface area contributed by atoms with E-state index in [0.717, 1.165) is 10.4 Å². The van der Waals surface area contributed by atoms with Gasteiger partial charge < -0.3 is 4.74 Å². The van der Waals surface area contributed by atoms with Gasteiger partial charge in [-0.1, -0.05) is 6.07 Å². The van der Waals surface area contributed by atoms with Gasteiger partial charge in [0, 0.05) is 18.7 Å². The van der Waals surface area contributed by atoms with Gasteiger partial charge in [0.25, 0.3) is 5.69 Å². The zero-order chi connectivity index (χ0) is 12.5. The molecule has 1 aromatic carbocycles. The molecule has 0 unspecified atom stereocenters. The molecule has 1 aromatic rings. The Morgan fingerprint density at radius 1 is 1.41 bits per heavy atom. The Kier molecular flexibility index (Phi) is 3.09. The number of hydrogen-bond donors (Lipinski definition) is 0. The van der Waals surface area contributed by atoms with Gasteiger partial charge in [-0.15, -0.1) is 0 Å². The summed E-state index contributed by atoms with van der Waals surface area (Å²) >= 11 is 0. The van der Waals surface area contributed by atoms with Crippen molar-refractivity contribution in [3.05, 3.63) is 34.4 Å². The molecule has 1 aliphatic rings. The van der Waals surface area contributed by atoms with Crippen LogP contribution < -0.4 is 0 Å². The minimum Gasteiger partial charge on any atom is -0.364 e. The summed E-state index contributed by atoms with van der Waals surface area (Å²) < 4.78 is 30.2. The molecule has 0 spiro atoms. The van der Waals surface area contributed by atoms with E-state index in [1.54, 1.807) is 0 Å². The normalized spacial score (nSPS) is 17.2. The predicted molar refractivity (Wildman–Crippen MR) is 57.8 cm³/mol. The molecule has 8 heteroatoms. The van der Waals surface area contributed by atoms with Crippen LogP contribution in [0, 0.1) is 10.1 Å². The highest BCUT2D eigenvalue weighted by Gasteiger charge is 2.28. The largest absolute Gasteiger partial charge is 0.364 e. The lowest BCUT2D eigenvalue weighted by Gasteiger charge is -2.13. The fourth-order valence-electron chi connectivity index (χ4n) is 1.49. The zero-order valence-electron chi connectivity index (χ0n) is 8.77. The lowest BCUT2D eigenvalue weighted by atomic mass is 10.3. The van der Waals surface area contributed by atoms with Crippen LogP contribution in [0.25, 0.3) is 0 Å². The Bertz CT molecular complexity index is 536. The molecule has 0 bridgehead atoms. The van der Waals surface area contributed by atoms with Crippen LogP contribution in [0.2, 0.25) is 0 Å². The van der Waals surface area contributed by atoms with E-state index < -0.39 is 14.9 Å². The summed E-state index contributed by atoms with van der Waals surface area (Å²) in [6, 6.07) is 4.98. The van der Waals surface area contributed by atoms with Gasteiger partial charge in [-0.05, 0) is 6.07 Å². The van der Waals surface area contributed by atoms with E-state index in [9.17, 15) is 18.5 Å². The van der Waals surface area contributed by atoms with E-state index in [2.05, 4.69) is 0 Å². The third-order valence-corrected chi connectivity index (χ3v) is 4.20. The quantitative estimate of drug-likeness (QED) is 0.584. The van der Waals surface area contributed by atoms with Crippen LogP contribution in [0.4, 0.5) is 5.69 Å². The number of nitro benzene ring substituents is 1. The molecule has 1 fully saturated rings. The summed E-state index contributed by atoms with van der Waals surface area (Å²) in [4.78, 5) is 9.86. The molecule has 1 heterocycles. The highest BCUT2D eigenvalue weighted by Crippen LogP contribution is 2.21. The number of nitrogens with zero attached hydrogens (tertiary/aromatic N) is 2. The first-order valence-corrected chi connectivity index (χ1v) is 6.28. The highest BCUT2D eigenvalue weighted by molar-refractivity contribution is 7.89. The summed E-state index contributed by atoms with van der Waals surface area (Å²) in [6.45, 7) is 0.601. The van der Waals surface area contributed by atoms with E-state index in [0.29, 0.717) is 6.61 Å². The third-order valence-electron chi connectivity index (χ3n) is 2.39. The molecule has 0 atom stereocenters. The molecule has 0 saturated carbocycles. The second kappa shape index (κ2) is 4.40. The van der Waals surface area contributed by atoms with Gasteiger partial charge in [0.05, 0.1) is 16.4 Å². The van der Waals surface area contributed by atoms with Gasteiger partial charge in [0.15, 0.2) is 0 Å². The minimum atomic E-state index is -3.69. The van der Waals surface area contributed by atoms with Crippen LogP contribution >= 0.6 is 0 Å². The predicted octanol–water partition coefficient (Wildman–Crippen LogP) is 0.573. The second-order valence-corrected chi connectivity index (χ2v) is 5.41. The van der Waals surface area contributed by atoms with E-state index in [1.807, 2.05) is 0 Å². The minimum absolute atomic E-state index is 0.00890. The number of hydrogen-bond acceptors (Lipinski definition) is 5. The van der Waals surface area contributed by atoms with Crippen molar-refractivity contribution >= 4 is 15.7 Å². The average Bonchev–Trinajstić information content (AvgIpc) is 2.83. The molecule has 0 aliphatic carbocycles. The Hall–Kier alpha value is -1.51. The number of non-ortho nitro benzene ring substituents is 1. The fraction of sp³-hybridized carbons (Fsp3) is 0.333. The van der Waals surface area contributed by atoms with Gasteiger partial charge in [-0.2, -0.15) is 4.31 Å². The molecule has 92 valence electrons. The number of rotatable bonds is 3. The molecule has 0 aromatic heterocycles. The Balaban J connectivity index is 2.39. The average molecular weight is 258 g/mol. The Labute approximate surface area is 97.8 Å². The van der Waals surface area contributed by atoms with Crippen molar-refractivity contribution in [3.63, 3.8) is 0 Å². The third kappa shape index (κ3) is 2.28. The molecule has 7 nitrogen and oxygen atoms in total.